The summed E-state index contributed by atoms with van der Waals surface area (Å²) in [7, 11) is 1.26. The van der Waals surface area contributed by atoms with Crippen LogP contribution < -0.4 is 5.32 Å². The lowest BCUT2D eigenvalue weighted by molar-refractivity contribution is -0.117. The maximum Gasteiger partial charge on any atom is 0.350 e. The Morgan fingerprint density at radius 2 is 2.20 bits per heavy atom. The molecule has 0 fully saturated rings. The minimum absolute atomic E-state index is 0.207. The smallest absolute Gasteiger partial charge is 0.350 e. The van der Waals surface area contributed by atoms with Crippen molar-refractivity contribution in [1.29, 1.82) is 0 Å². The number of thiophene rings is 1. The highest BCUT2D eigenvalue weighted by atomic mass is 32.1. The molecule has 0 spiro atoms. The minimum Gasteiger partial charge on any atom is -0.465 e. The van der Waals surface area contributed by atoms with Gasteiger partial charge in [-0.15, -0.1) is 21.5 Å². The van der Waals surface area contributed by atoms with Crippen LogP contribution in [-0.4, -0.2) is 39.2 Å². The van der Waals surface area contributed by atoms with Crippen LogP contribution in [0, 0.1) is 5.82 Å². The number of amides is 1. The van der Waals surface area contributed by atoms with Gasteiger partial charge in [0.2, 0.25) is 11.7 Å². The van der Waals surface area contributed by atoms with Crippen LogP contribution in [0.1, 0.15) is 9.67 Å². The van der Waals surface area contributed by atoms with Gasteiger partial charge in [-0.25, -0.2) is 9.18 Å². The van der Waals surface area contributed by atoms with Crippen molar-refractivity contribution in [2.24, 2.45) is 0 Å². The molecule has 0 atom stereocenters. The van der Waals surface area contributed by atoms with Crippen molar-refractivity contribution in [3.63, 3.8) is 0 Å². The summed E-state index contributed by atoms with van der Waals surface area (Å²) < 4.78 is 17.9. The summed E-state index contributed by atoms with van der Waals surface area (Å²) in [6.45, 7) is -0.210. The molecule has 1 aromatic carbocycles. The first kappa shape index (κ1) is 16.7. The van der Waals surface area contributed by atoms with E-state index in [4.69, 9.17) is 0 Å². The first-order chi connectivity index (χ1) is 12.1. The highest BCUT2D eigenvalue weighted by Crippen LogP contribution is 2.23. The van der Waals surface area contributed by atoms with Crippen molar-refractivity contribution in [3.8, 4) is 11.4 Å². The third-order valence-electron chi connectivity index (χ3n) is 3.13. The van der Waals surface area contributed by atoms with E-state index in [1.807, 2.05) is 0 Å². The largest absolute Gasteiger partial charge is 0.465 e. The van der Waals surface area contributed by atoms with Crippen LogP contribution in [0.25, 0.3) is 11.4 Å². The normalized spacial score (nSPS) is 10.5. The van der Waals surface area contributed by atoms with Gasteiger partial charge in [0.25, 0.3) is 0 Å². The third-order valence-corrected chi connectivity index (χ3v) is 4.03. The van der Waals surface area contributed by atoms with E-state index in [0.717, 1.165) is 16.1 Å². The van der Waals surface area contributed by atoms with Crippen LogP contribution in [0.15, 0.2) is 35.7 Å². The van der Waals surface area contributed by atoms with Gasteiger partial charge in [-0.2, -0.15) is 4.80 Å². The molecule has 2 aromatic heterocycles. The second-order valence-corrected chi connectivity index (χ2v) is 5.77. The number of nitrogens with zero attached hydrogens (tertiary/aromatic N) is 4. The number of carbonyl (C=O) groups excluding carboxylic acids is 2. The summed E-state index contributed by atoms with van der Waals surface area (Å²) in [6.07, 6.45) is 0. The van der Waals surface area contributed by atoms with E-state index in [1.165, 1.54) is 25.3 Å². The fourth-order valence-electron chi connectivity index (χ4n) is 2.03. The average Bonchev–Trinajstić information content (AvgIpc) is 3.23. The molecule has 0 saturated carbocycles. The molecule has 1 N–H and O–H groups in total. The predicted molar refractivity (Wildman–Crippen MR) is 87.5 cm³/mol. The van der Waals surface area contributed by atoms with Gasteiger partial charge in [0.05, 0.1) is 12.8 Å². The molecule has 2 heterocycles. The Morgan fingerprint density at radius 1 is 1.36 bits per heavy atom. The monoisotopic (exact) mass is 361 g/mol. The zero-order chi connectivity index (χ0) is 17.8. The molecular weight excluding hydrogens is 349 g/mol. The summed E-state index contributed by atoms with van der Waals surface area (Å²) in [5, 5.41) is 15.9. The number of esters is 1. The number of carbonyl (C=O) groups is 2. The second-order valence-electron chi connectivity index (χ2n) is 4.86. The molecule has 128 valence electrons. The van der Waals surface area contributed by atoms with Gasteiger partial charge in [0.1, 0.15) is 17.2 Å². The Labute approximate surface area is 145 Å². The second kappa shape index (κ2) is 7.18. The molecule has 25 heavy (non-hydrogen) atoms. The van der Waals surface area contributed by atoms with E-state index >= 15 is 0 Å². The Kier molecular flexibility index (Phi) is 4.80. The zero-order valence-corrected chi connectivity index (χ0v) is 13.8. The number of aromatic nitrogens is 4. The number of methoxy groups -OCH3 is 1. The SMILES string of the molecule is COC(=O)c1sccc1NC(=O)Cn1nnc(-c2cccc(F)c2)n1. The number of benzene rings is 1. The van der Waals surface area contributed by atoms with Crippen LogP contribution in [0.5, 0.6) is 0 Å². The molecule has 0 saturated heterocycles. The Hall–Kier alpha value is -3.14. The van der Waals surface area contributed by atoms with Gasteiger partial charge in [-0.3, -0.25) is 4.79 Å². The van der Waals surface area contributed by atoms with Crippen molar-refractivity contribution in [2.45, 2.75) is 6.54 Å². The fraction of sp³-hybridized carbons (Fsp3) is 0.133. The number of nitrogens with one attached hydrogen (secondary N) is 1. The van der Waals surface area contributed by atoms with Crippen LogP contribution in [-0.2, 0) is 16.1 Å². The van der Waals surface area contributed by atoms with E-state index in [2.05, 4.69) is 25.5 Å². The number of anilines is 1. The molecule has 3 aromatic rings. The number of rotatable bonds is 5. The van der Waals surface area contributed by atoms with E-state index in [-0.39, 0.29) is 12.4 Å². The molecule has 0 aliphatic carbocycles. The lowest BCUT2D eigenvalue weighted by atomic mass is 10.2. The molecule has 3 rings (SSSR count). The van der Waals surface area contributed by atoms with Gasteiger partial charge >= 0.3 is 5.97 Å². The molecule has 8 nitrogen and oxygen atoms in total. The topological polar surface area (TPSA) is 99.0 Å². The highest BCUT2D eigenvalue weighted by molar-refractivity contribution is 7.12. The summed E-state index contributed by atoms with van der Waals surface area (Å²) in [4.78, 5) is 25.1. The maximum atomic E-state index is 13.2. The Balaban J connectivity index is 1.68. The number of halogens is 1. The third kappa shape index (κ3) is 3.86. The van der Waals surface area contributed by atoms with E-state index in [9.17, 15) is 14.0 Å². The van der Waals surface area contributed by atoms with Crippen molar-refractivity contribution in [1.82, 2.24) is 20.2 Å². The van der Waals surface area contributed by atoms with Crippen molar-refractivity contribution >= 4 is 28.9 Å². The molecular formula is C15H12FN5O3S. The molecule has 10 heteroatoms. The summed E-state index contributed by atoms with van der Waals surface area (Å²) in [6, 6.07) is 7.35. The average molecular weight is 361 g/mol. The highest BCUT2D eigenvalue weighted by Gasteiger charge is 2.16. The Morgan fingerprint density at radius 3 is 2.96 bits per heavy atom. The summed E-state index contributed by atoms with van der Waals surface area (Å²) in [5.41, 5.74) is 0.810. The van der Waals surface area contributed by atoms with Crippen molar-refractivity contribution in [2.75, 3.05) is 12.4 Å². The van der Waals surface area contributed by atoms with Crippen LogP contribution in [0.3, 0.4) is 0 Å². The summed E-state index contributed by atoms with van der Waals surface area (Å²) in [5.74, 6) is -1.18. The van der Waals surface area contributed by atoms with E-state index in [0.29, 0.717) is 16.1 Å². The standard InChI is InChI=1S/C15H12FN5O3S/c1-24-15(23)13-11(5-6-25-13)17-12(22)8-21-19-14(18-20-21)9-3-2-4-10(16)7-9/h2-7H,8H2,1H3,(H,17,22). The molecule has 0 bridgehead atoms. The quantitative estimate of drug-likeness (QED) is 0.698. The summed E-state index contributed by atoms with van der Waals surface area (Å²) >= 11 is 1.16. The minimum atomic E-state index is -0.530. The first-order valence-electron chi connectivity index (χ1n) is 7.06. The zero-order valence-electron chi connectivity index (χ0n) is 13.0. The number of ether oxygens (including phenoxy) is 1. The number of tetrazole rings is 1. The van der Waals surface area contributed by atoms with Gasteiger partial charge in [0, 0.05) is 5.56 Å². The maximum absolute atomic E-state index is 13.2. The lowest BCUT2D eigenvalue weighted by Crippen LogP contribution is -2.21. The van der Waals surface area contributed by atoms with Gasteiger partial charge in [0.15, 0.2) is 0 Å². The molecule has 0 radical (unpaired) electrons. The molecule has 0 aliphatic rings. The van der Waals surface area contributed by atoms with Crippen LogP contribution in [0.2, 0.25) is 0 Å². The fourth-order valence-corrected chi connectivity index (χ4v) is 2.80. The van der Waals surface area contributed by atoms with Gasteiger partial charge < -0.3 is 10.1 Å². The van der Waals surface area contributed by atoms with E-state index < -0.39 is 17.7 Å². The number of hydrogen-bond acceptors (Lipinski definition) is 7. The lowest BCUT2D eigenvalue weighted by Gasteiger charge is -2.04. The van der Waals surface area contributed by atoms with Crippen LogP contribution in [0.4, 0.5) is 10.1 Å². The van der Waals surface area contributed by atoms with Gasteiger partial charge in [-0.05, 0) is 28.8 Å². The van der Waals surface area contributed by atoms with Gasteiger partial charge in [-0.1, -0.05) is 12.1 Å². The first-order valence-corrected chi connectivity index (χ1v) is 7.94. The predicted octanol–water partition coefficient (Wildman–Crippen LogP) is 1.97. The molecule has 0 aliphatic heterocycles. The molecule has 1 amide bonds. The van der Waals surface area contributed by atoms with Crippen LogP contribution >= 0.6 is 11.3 Å². The van der Waals surface area contributed by atoms with Crippen molar-refractivity contribution < 1.29 is 18.7 Å². The number of hydrogen-bond donors (Lipinski definition) is 1. The molecule has 0 unspecified atom stereocenters. The Bertz CT molecular complexity index is 923. The van der Waals surface area contributed by atoms with E-state index in [1.54, 1.807) is 17.5 Å². The van der Waals surface area contributed by atoms with Crippen molar-refractivity contribution in [3.05, 3.63) is 46.4 Å².